The second-order valence-electron chi connectivity index (χ2n) is 8.66. The van der Waals surface area contributed by atoms with Crippen LogP contribution >= 0.6 is 0 Å². The first kappa shape index (κ1) is 30.0. The number of nitrogens with two attached hydrogens (primary N) is 3. The van der Waals surface area contributed by atoms with Gasteiger partial charge < -0.3 is 38.3 Å². The first-order chi connectivity index (χ1) is 16.8. The molecule has 13 heteroatoms. The van der Waals surface area contributed by atoms with E-state index in [2.05, 4.69) is 16.0 Å². The Kier molecular flexibility index (Phi) is 12.0. The molecule has 0 aromatic heterocycles. The summed E-state index contributed by atoms with van der Waals surface area (Å²) in [6, 6.07) is 3.92. The van der Waals surface area contributed by atoms with Crippen molar-refractivity contribution >= 4 is 35.5 Å². The molecule has 198 valence electrons. The molecule has 4 unspecified atom stereocenters. The molecular weight excluding hydrogens is 472 g/mol. The van der Waals surface area contributed by atoms with Gasteiger partial charge in [-0.3, -0.25) is 24.0 Å². The second kappa shape index (κ2) is 14.4. The summed E-state index contributed by atoms with van der Waals surface area (Å²) in [6.07, 6.45) is -0.831. The molecule has 0 radical (unpaired) electrons. The molecule has 0 heterocycles. The molecule has 0 aliphatic rings. The van der Waals surface area contributed by atoms with Crippen LogP contribution in [0.15, 0.2) is 30.3 Å². The Bertz CT molecular complexity index is 954. The molecule has 0 aliphatic heterocycles. The molecule has 5 amide bonds. The van der Waals surface area contributed by atoms with E-state index >= 15 is 0 Å². The van der Waals surface area contributed by atoms with E-state index in [1.807, 2.05) is 6.07 Å². The number of carboxylic acids is 1. The third-order valence-electron chi connectivity index (χ3n) is 5.21. The van der Waals surface area contributed by atoms with Gasteiger partial charge in [0, 0.05) is 6.42 Å². The molecule has 0 aliphatic carbocycles. The Morgan fingerprint density at radius 1 is 0.833 bits per heavy atom. The van der Waals surface area contributed by atoms with E-state index in [9.17, 15) is 33.9 Å². The van der Waals surface area contributed by atoms with Crippen LogP contribution in [0.2, 0.25) is 0 Å². The Morgan fingerprint density at radius 2 is 1.42 bits per heavy atom. The maximum absolute atomic E-state index is 13.0. The number of rotatable bonds is 15. The number of aliphatic carboxylic acids is 1. The molecule has 1 aromatic rings. The van der Waals surface area contributed by atoms with E-state index in [1.54, 1.807) is 38.1 Å². The molecule has 4 atom stereocenters. The predicted molar refractivity (Wildman–Crippen MR) is 129 cm³/mol. The Labute approximate surface area is 208 Å². The number of nitrogens with one attached hydrogen (secondary N) is 3. The van der Waals surface area contributed by atoms with Gasteiger partial charge in [0.2, 0.25) is 29.5 Å². The van der Waals surface area contributed by atoms with Gasteiger partial charge in [-0.15, -0.1) is 0 Å². The molecule has 10 N–H and O–H groups in total. The highest BCUT2D eigenvalue weighted by Crippen LogP contribution is 2.07. The number of carboxylic acid groups (broad SMARTS) is 1. The monoisotopic (exact) mass is 506 g/mol. The van der Waals surface area contributed by atoms with E-state index in [0.29, 0.717) is 0 Å². The van der Waals surface area contributed by atoms with Gasteiger partial charge in [-0.05, 0) is 24.3 Å². The lowest BCUT2D eigenvalue weighted by Gasteiger charge is -2.27. The predicted octanol–water partition coefficient (Wildman–Crippen LogP) is -2.11. The second-order valence-corrected chi connectivity index (χ2v) is 8.66. The van der Waals surface area contributed by atoms with Crippen molar-refractivity contribution in [1.82, 2.24) is 16.0 Å². The van der Waals surface area contributed by atoms with Gasteiger partial charge in [0.05, 0.1) is 12.5 Å². The minimum absolute atomic E-state index is 0.156. The summed E-state index contributed by atoms with van der Waals surface area (Å²) in [7, 11) is 0. The Hall–Kier alpha value is -4.00. The molecule has 0 spiro atoms. The molecule has 0 saturated heterocycles. The average molecular weight is 507 g/mol. The van der Waals surface area contributed by atoms with E-state index in [4.69, 9.17) is 17.2 Å². The summed E-state index contributed by atoms with van der Waals surface area (Å²) in [4.78, 5) is 72.1. The summed E-state index contributed by atoms with van der Waals surface area (Å²) >= 11 is 0. The highest BCUT2D eigenvalue weighted by atomic mass is 16.4. The fourth-order valence-electron chi connectivity index (χ4n) is 3.25. The van der Waals surface area contributed by atoms with E-state index in [-0.39, 0.29) is 19.3 Å². The maximum atomic E-state index is 13.0. The van der Waals surface area contributed by atoms with Crippen LogP contribution in [0, 0.1) is 5.92 Å². The fraction of sp³-hybridized carbons (Fsp3) is 0.478. The van der Waals surface area contributed by atoms with Gasteiger partial charge in [-0.1, -0.05) is 44.2 Å². The minimum atomic E-state index is -1.59. The van der Waals surface area contributed by atoms with Crippen LogP contribution in [0.25, 0.3) is 0 Å². The van der Waals surface area contributed by atoms with Crippen molar-refractivity contribution in [2.24, 2.45) is 23.1 Å². The summed E-state index contributed by atoms with van der Waals surface area (Å²) < 4.78 is 0. The SMILES string of the molecule is CC(C)C(NC(=O)C(CCC(N)=O)NC(=O)C(N)Cc1ccccc1)C(=O)NC(CC(N)=O)C(=O)O. The van der Waals surface area contributed by atoms with E-state index in [1.165, 1.54) is 0 Å². The third-order valence-corrected chi connectivity index (χ3v) is 5.21. The van der Waals surface area contributed by atoms with Gasteiger partial charge in [-0.2, -0.15) is 0 Å². The first-order valence-electron chi connectivity index (χ1n) is 11.3. The van der Waals surface area contributed by atoms with Crippen LogP contribution in [-0.4, -0.2) is 64.8 Å². The average Bonchev–Trinajstić information content (AvgIpc) is 2.79. The highest BCUT2D eigenvalue weighted by Gasteiger charge is 2.32. The van der Waals surface area contributed by atoms with Crippen LogP contribution in [0.5, 0.6) is 0 Å². The van der Waals surface area contributed by atoms with Crippen molar-refractivity contribution < 1.29 is 33.9 Å². The Morgan fingerprint density at radius 3 is 1.92 bits per heavy atom. The molecule has 0 fully saturated rings. The maximum Gasteiger partial charge on any atom is 0.326 e. The largest absolute Gasteiger partial charge is 0.480 e. The van der Waals surface area contributed by atoms with Crippen LogP contribution < -0.4 is 33.2 Å². The van der Waals surface area contributed by atoms with Gasteiger partial charge in [0.1, 0.15) is 18.1 Å². The summed E-state index contributed by atoms with van der Waals surface area (Å²) in [5.74, 6) is -5.94. The topological polar surface area (TPSA) is 237 Å². The zero-order valence-electron chi connectivity index (χ0n) is 20.2. The summed E-state index contributed by atoms with van der Waals surface area (Å²) in [6.45, 7) is 3.20. The number of amides is 5. The number of primary amides is 2. The molecule has 1 aromatic carbocycles. The highest BCUT2D eigenvalue weighted by molar-refractivity contribution is 5.95. The van der Waals surface area contributed by atoms with Crippen molar-refractivity contribution in [3.05, 3.63) is 35.9 Å². The number of hydrogen-bond acceptors (Lipinski definition) is 7. The lowest BCUT2D eigenvalue weighted by Crippen LogP contribution is -2.58. The van der Waals surface area contributed by atoms with Gasteiger partial charge in [0.15, 0.2) is 0 Å². The zero-order valence-corrected chi connectivity index (χ0v) is 20.2. The number of carbonyl (C=O) groups excluding carboxylic acids is 5. The van der Waals surface area contributed by atoms with Gasteiger partial charge in [-0.25, -0.2) is 4.79 Å². The van der Waals surface area contributed by atoms with E-state index in [0.717, 1.165) is 5.56 Å². The smallest absolute Gasteiger partial charge is 0.326 e. The fourth-order valence-corrected chi connectivity index (χ4v) is 3.25. The molecule has 0 bridgehead atoms. The molecular formula is C23H34N6O7. The van der Waals surface area contributed by atoms with Gasteiger partial charge >= 0.3 is 5.97 Å². The number of benzene rings is 1. The van der Waals surface area contributed by atoms with Crippen molar-refractivity contribution in [3.8, 4) is 0 Å². The van der Waals surface area contributed by atoms with Crippen molar-refractivity contribution in [3.63, 3.8) is 0 Å². The molecule has 0 saturated carbocycles. The zero-order chi connectivity index (χ0) is 27.4. The summed E-state index contributed by atoms with van der Waals surface area (Å²) in [5.41, 5.74) is 17.0. The van der Waals surface area contributed by atoms with Crippen molar-refractivity contribution in [2.75, 3.05) is 0 Å². The van der Waals surface area contributed by atoms with Crippen molar-refractivity contribution in [2.45, 2.75) is 63.7 Å². The van der Waals surface area contributed by atoms with Crippen molar-refractivity contribution in [1.29, 1.82) is 0 Å². The first-order valence-corrected chi connectivity index (χ1v) is 11.3. The normalized spacial score (nSPS) is 14.1. The van der Waals surface area contributed by atoms with Crippen LogP contribution in [-0.2, 0) is 35.2 Å². The molecule has 36 heavy (non-hydrogen) atoms. The number of hydrogen-bond donors (Lipinski definition) is 7. The third kappa shape index (κ3) is 10.5. The van der Waals surface area contributed by atoms with Crippen LogP contribution in [0.4, 0.5) is 0 Å². The van der Waals surface area contributed by atoms with Crippen LogP contribution in [0.1, 0.15) is 38.7 Å². The molecule has 13 nitrogen and oxygen atoms in total. The number of carbonyl (C=O) groups is 6. The quantitative estimate of drug-likeness (QED) is 0.139. The summed E-state index contributed by atoms with van der Waals surface area (Å²) in [5, 5.41) is 16.4. The molecule has 1 rings (SSSR count). The van der Waals surface area contributed by atoms with Gasteiger partial charge in [0.25, 0.3) is 0 Å². The lowest BCUT2D eigenvalue weighted by molar-refractivity contribution is -0.144. The van der Waals surface area contributed by atoms with E-state index < -0.39 is 72.0 Å². The minimum Gasteiger partial charge on any atom is -0.480 e. The Balaban J connectivity index is 2.96. The lowest BCUT2D eigenvalue weighted by atomic mass is 10.0. The standard InChI is InChI=1S/C23H34N6O7/c1-12(2)19(22(34)28-16(23(35)36)11-18(26)31)29-21(33)15(8-9-17(25)30)27-20(32)14(24)10-13-6-4-3-5-7-13/h3-7,12,14-16,19H,8-11,24H2,1-2H3,(H2,25,30)(H2,26,31)(H,27,32)(H,28,34)(H,29,33)(H,35,36). The van der Waals surface area contributed by atoms with Crippen LogP contribution in [0.3, 0.4) is 0 Å².